The minimum atomic E-state index is -0.577. The van der Waals surface area contributed by atoms with Crippen molar-refractivity contribution < 1.29 is 19.2 Å². The van der Waals surface area contributed by atoms with Gasteiger partial charge in [0.05, 0.1) is 39.6 Å². The Hall–Kier alpha value is -3.99. The molecule has 2 heterocycles. The van der Waals surface area contributed by atoms with E-state index in [9.17, 15) is 14.9 Å². The van der Waals surface area contributed by atoms with Gasteiger partial charge >= 0.3 is 6.09 Å². The van der Waals surface area contributed by atoms with Gasteiger partial charge in [-0.3, -0.25) is 10.1 Å². The zero-order valence-electron chi connectivity index (χ0n) is 25.4. The number of nitrogens with zero attached hydrogens (tertiary/aromatic N) is 3. The van der Waals surface area contributed by atoms with E-state index < -0.39 is 10.5 Å². The van der Waals surface area contributed by atoms with Crippen molar-refractivity contribution in [3.8, 4) is 0 Å². The first-order valence-corrected chi connectivity index (χ1v) is 16.3. The van der Waals surface area contributed by atoms with Crippen LogP contribution in [0.2, 0.25) is 0 Å². The van der Waals surface area contributed by atoms with Crippen molar-refractivity contribution in [2.75, 3.05) is 13.1 Å². The molecule has 4 aromatic carbocycles. The van der Waals surface area contributed by atoms with Crippen molar-refractivity contribution in [1.82, 2.24) is 9.88 Å². The summed E-state index contributed by atoms with van der Waals surface area (Å²) in [6, 6.07) is 27.7. The van der Waals surface area contributed by atoms with Gasteiger partial charge in [0.1, 0.15) is 10.6 Å². The molecule has 5 aromatic rings. The van der Waals surface area contributed by atoms with E-state index in [0.29, 0.717) is 19.7 Å². The molecule has 45 heavy (non-hydrogen) atoms. The molecule has 10 heteroatoms. The molecule has 1 saturated heterocycles. The Morgan fingerprint density at radius 3 is 2.56 bits per heavy atom. The van der Waals surface area contributed by atoms with E-state index >= 15 is 0 Å². The first-order chi connectivity index (χ1) is 21.5. The Morgan fingerprint density at radius 2 is 1.82 bits per heavy atom. The number of benzene rings is 4. The maximum atomic E-state index is 13.0. The zero-order chi connectivity index (χ0) is 31.7. The van der Waals surface area contributed by atoms with Gasteiger partial charge in [0.25, 0.3) is 5.69 Å². The zero-order valence-corrected chi connectivity index (χ0v) is 27.1. The van der Waals surface area contributed by atoms with Crippen LogP contribution in [0.15, 0.2) is 84.9 Å². The van der Waals surface area contributed by atoms with E-state index in [1.165, 1.54) is 22.8 Å². The van der Waals surface area contributed by atoms with Crippen LogP contribution in [0.3, 0.4) is 0 Å². The Bertz CT molecular complexity index is 1850. The summed E-state index contributed by atoms with van der Waals surface area (Å²) in [6.07, 6.45) is 0.187. The number of amides is 1. The van der Waals surface area contributed by atoms with Crippen LogP contribution in [0.4, 0.5) is 10.5 Å². The van der Waals surface area contributed by atoms with E-state index in [-0.39, 0.29) is 29.1 Å². The van der Waals surface area contributed by atoms with Crippen LogP contribution < -0.4 is 0 Å². The highest BCUT2D eigenvalue weighted by Gasteiger charge is 2.35. The van der Waals surface area contributed by atoms with Gasteiger partial charge in [0.2, 0.25) is 0 Å². The van der Waals surface area contributed by atoms with Crippen LogP contribution in [-0.4, -0.2) is 45.7 Å². The average molecular weight is 642 g/mol. The Balaban J connectivity index is 1.21. The lowest BCUT2D eigenvalue weighted by atomic mass is 9.86. The summed E-state index contributed by atoms with van der Waals surface area (Å²) < 4.78 is 13.0. The predicted octanol–water partition coefficient (Wildman–Crippen LogP) is 8.69. The molecule has 0 N–H and O–H groups in total. The number of thiol groups is 1. The second kappa shape index (κ2) is 12.8. The van der Waals surface area contributed by atoms with Crippen LogP contribution in [0, 0.1) is 10.1 Å². The normalized spacial score (nSPS) is 17.8. The fourth-order valence-electron chi connectivity index (χ4n) is 5.72. The van der Waals surface area contributed by atoms with Crippen LogP contribution >= 0.6 is 24.0 Å². The number of nitro benzene ring substituents is 1. The van der Waals surface area contributed by atoms with Crippen molar-refractivity contribution in [3.05, 3.63) is 117 Å². The molecule has 1 amide bonds. The molecule has 0 saturated carbocycles. The van der Waals surface area contributed by atoms with Gasteiger partial charge in [-0.1, -0.05) is 60.7 Å². The van der Waals surface area contributed by atoms with E-state index in [4.69, 9.17) is 22.1 Å². The van der Waals surface area contributed by atoms with Crippen LogP contribution in [0.25, 0.3) is 21.0 Å². The van der Waals surface area contributed by atoms with Crippen LogP contribution in [-0.2, 0) is 16.1 Å². The van der Waals surface area contributed by atoms with Crippen molar-refractivity contribution >= 4 is 56.7 Å². The topological polar surface area (TPSA) is 94.8 Å². The van der Waals surface area contributed by atoms with Gasteiger partial charge in [-0.15, -0.1) is 11.3 Å². The van der Waals surface area contributed by atoms with Gasteiger partial charge < -0.3 is 14.4 Å². The van der Waals surface area contributed by atoms with Crippen molar-refractivity contribution in [2.24, 2.45) is 0 Å². The average Bonchev–Trinajstić information content (AvgIpc) is 3.46. The summed E-state index contributed by atoms with van der Waals surface area (Å²) in [5, 5.41) is 14.1. The summed E-state index contributed by atoms with van der Waals surface area (Å²) in [7, 11) is 0. The minimum Gasteiger partial charge on any atom is -0.444 e. The number of piperidine rings is 1. The summed E-state index contributed by atoms with van der Waals surface area (Å²) in [5.74, 6) is 0.0829. The second-order valence-corrected chi connectivity index (χ2v) is 14.0. The molecule has 0 bridgehead atoms. The van der Waals surface area contributed by atoms with Crippen LogP contribution in [0.1, 0.15) is 60.1 Å². The van der Waals surface area contributed by atoms with Gasteiger partial charge in [0.15, 0.2) is 0 Å². The number of rotatable bonds is 7. The lowest BCUT2D eigenvalue weighted by Gasteiger charge is -2.39. The Morgan fingerprint density at radius 1 is 1.07 bits per heavy atom. The predicted molar refractivity (Wildman–Crippen MR) is 181 cm³/mol. The lowest BCUT2D eigenvalue weighted by molar-refractivity contribution is -0.384. The third kappa shape index (κ3) is 7.13. The maximum absolute atomic E-state index is 13.0. The lowest BCUT2D eigenvalue weighted by Crippen LogP contribution is -2.48. The van der Waals surface area contributed by atoms with E-state index in [2.05, 4.69) is 59.6 Å². The molecule has 0 spiro atoms. The quantitative estimate of drug-likeness (QED) is 0.109. The molecule has 3 atom stereocenters. The van der Waals surface area contributed by atoms with Crippen molar-refractivity contribution in [3.63, 3.8) is 0 Å². The number of aromatic nitrogens is 1. The molecule has 1 aromatic heterocycles. The first-order valence-electron chi connectivity index (χ1n) is 14.9. The minimum absolute atomic E-state index is 0.0490. The molecular weight excluding hydrogens is 607 g/mol. The number of thiazole rings is 1. The van der Waals surface area contributed by atoms with Crippen LogP contribution in [0.5, 0.6) is 0 Å². The second-order valence-electron chi connectivity index (χ2n) is 12.4. The number of hydrogen-bond acceptors (Lipinski definition) is 8. The van der Waals surface area contributed by atoms with Gasteiger partial charge in [0, 0.05) is 24.6 Å². The van der Waals surface area contributed by atoms with E-state index in [0.717, 1.165) is 43.7 Å². The fourth-order valence-corrected chi connectivity index (χ4v) is 7.12. The maximum Gasteiger partial charge on any atom is 0.410 e. The number of ether oxygens (including phenoxy) is 2. The number of hydrogen-bond donors (Lipinski definition) is 1. The highest BCUT2D eigenvalue weighted by Crippen LogP contribution is 2.37. The SMILES string of the molecule is CC(C)(C)OC(=O)N1CCC(c2ccc(C(S)c3nc4ccc([N+](=O)[O-])cc4s3)cc2)C(OCc2ccc3ccccc3c2)C1. The van der Waals surface area contributed by atoms with E-state index in [1.807, 2.05) is 32.9 Å². The molecule has 8 nitrogen and oxygen atoms in total. The van der Waals surface area contributed by atoms with Gasteiger partial charge in [-0.25, -0.2) is 9.78 Å². The molecule has 0 aliphatic carbocycles. The van der Waals surface area contributed by atoms with Crippen molar-refractivity contribution in [2.45, 2.75) is 56.7 Å². The number of nitro groups is 1. The number of likely N-dealkylation sites (tertiary alicyclic amines) is 1. The molecule has 6 rings (SSSR count). The largest absolute Gasteiger partial charge is 0.444 e. The third-order valence-corrected chi connectivity index (χ3v) is 9.80. The number of fused-ring (bicyclic) bond motifs is 2. The first kappa shape index (κ1) is 31.0. The molecule has 1 aliphatic heterocycles. The summed E-state index contributed by atoms with van der Waals surface area (Å²) in [5.41, 5.74) is 3.39. The number of carbonyl (C=O) groups excluding carboxylic acids is 1. The van der Waals surface area contributed by atoms with Gasteiger partial charge in [-0.05, 0) is 66.8 Å². The monoisotopic (exact) mass is 641 g/mol. The summed E-state index contributed by atoms with van der Waals surface area (Å²) in [6.45, 7) is 7.06. The highest BCUT2D eigenvalue weighted by atomic mass is 32.1. The molecular formula is C35H35N3O5S2. The fraction of sp³-hybridized carbons (Fsp3) is 0.314. The Kier molecular flexibility index (Phi) is 8.81. The molecule has 232 valence electrons. The third-order valence-electron chi connectivity index (χ3n) is 8.00. The standard InChI is InChI=1S/C35H35N3O5S2/c1-35(2,3)43-34(39)37-17-16-28(30(20-37)42-21-22-8-9-23-6-4-5-7-26(23)18-22)24-10-12-25(13-11-24)32(44)33-36-29-15-14-27(38(40)41)19-31(29)45-33/h4-15,18-19,28,30,32,44H,16-17,20-21H2,1-3H3. The molecule has 3 unspecified atom stereocenters. The summed E-state index contributed by atoms with van der Waals surface area (Å²) >= 11 is 6.28. The highest BCUT2D eigenvalue weighted by molar-refractivity contribution is 7.81. The number of non-ortho nitro benzene ring substituents is 1. The summed E-state index contributed by atoms with van der Waals surface area (Å²) in [4.78, 5) is 30.2. The smallest absolute Gasteiger partial charge is 0.410 e. The number of carbonyl (C=O) groups is 1. The van der Waals surface area contributed by atoms with E-state index in [1.54, 1.807) is 17.0 Å². The molecule has 0 radical (unpaired) electrons. The molecule has 1 fully saturated rings. The van der Waals surface area contributed by atoms with Crippen molar-refractivity contribution in [1.29, 1.82) is 0 Å². The molecule has 1 aliphatic rings. The van der Waals surface area contributed by atoms with Gasteiger partial charge in [-0.2, -0.15) is 12.6 Å². The Labute approximate surface area is 271 Å².